The Balaban J connectivity index is 3.30. The molecule has 6 nitrogen and oxygen atoms in total. The van der Waals surface area contributed by atoms with E-state index in [0.29, 0.717) is 0 Å². The van der Waals surface area contributed by atoms with E-state index in [4.69, 9.17) is 5.26 Å². The van der Waals surface area contributed by atoms with E-state index in [2.05, 4.69) is 8.62 Å². The summed E-state index contributed by atoms with van der Waals surface area (Å²) < 4.78 is 7.34. The van der Waals surface area contributed by atoms with Crippen molar-refractivity contribution in [2.24, 2.45) is 0 Å². The van der Waals surface area contributed by atoms with E-state index in [1.54, 1.807) is 0 Å². The summed E-state index contributed by atoms with van der Waals surface area (Å²) in [6, 6.07) is 0. The zero-order valence-corrected chi connectivity index (χ0v) is 4.91. The maximum atomic E-state index is 9.66. The van der Waals surface area contributed by atoms with Crippen LogP contribution in [0.2, 0.25) is 0 Å². The van der Waals surface area contributed by atoms with E-state index in [9.17, 15) is 9.59 Å². The molecule has 0 heterocycles. The van der Waals surface area contributed by atoms with E-state index in [0.717, 1.165) is 0 Å². The number of amides is 2. The van der Waals surface area contributed by atoms with Crippen LogP contribution in [0.4, 0.5) is 0 Å². The second-order valence-corrected chi connectivity index (χ2v) is 1.22. The van der Waals surface area contributed by atoms with Crippen LogP contribution in [0.5, 0.6) is 0 Å². The van der Waals surface area contributed by atoms with E-state index < -0.39 is 0 Å². The normalized spacial score (nSPS) is 8.56. The Morgan fingerprint density at radius 1 is 1.44 bits per heavy atom. The SMILES string of the molecule is O=CN(C=O)OSOO. The minimum Gasteiger partial charge on any atom is -0.276 e. The standard InChI is InChI=1S/C2H3NO5S/c4-1-3(2-5)7-9-8-6/h1-2,6H. The van der Waals surface area contributed by atoms with Gasteiger partial charge in [0, 0.05) is 0 Å². The molecule has 0 saturated heterocycles. The van der Waals surface area contributed by atoms with Gasteiger partial charge >= 0.3 is 0 Å². The van der Waals surface area contributed by atoms with Crippen molar-refractivity contribution in [1.29, 1.82) is 0 Å². The lowest BCUT2D eigenvalue weighted by Crippen LogP contribution is -2.16. The van der Waals surface area contributed by atoms with Gasteiger partial charge in [0.15, 0.2) is 0 Å². The van der Waals surface area contributed by atoms with Gasteiger partial charge < -0.3 is 0 Å². The van der Waals surface area contributed by atoms with Crippen molar-refractivity contribution in [3.63, 3.8) is 0 Å². The highest BCUT2D eigenvalue weighted by molar-refractivity contribution is 7.89. The second-order valence-electron chi connectivity index (χ2n) is 0.788. The Labute approximate surface area is 54.6 Å². The van der Waals surface area contributed by atoms with Gasteiger partial charge in [-0.05, 0) is 0 Å². The fraction of sp³-hybridized carbons (Fsp3) is 0. The van der Waals surface area contributed by atoms with E-state index in [1.165, 1.54) is 0 Å². The molecule has 0 aliphatic carbocycles. The monoisotopic (exact) mass is 153 g/mol. The van der Waals surface area contributed by atoms with Crippen molar-refractivity contribution in [3.05, 3.63) is 0 Å². The number of hydrogen-bond acceptors (Lipinski definition) is 6. The van der Waals surface area contributed by atoms with Gasteiger partial charge in [-0.15, -0.1) is 9.40 Å². The Hall–Kier alpha value is -0.630. The van der Waals surface area contributed by atoms with Crippen molar-refractivity contribution in [1.82, 2.24) is 5.06 Å². The highest BCUT2D eigenvalue weighted by Gasteiger charge is 1.98. The third kappa shape index (κ3) is 3.91. The molecular weight excluding hydrogens is 150 g/mol. The third-order valence-electron chi connectivity index (χ3n) is 0.355. The lowest BCUT2D eigenvalue weighted by atomic mass is 11.2. The van der Waals surface area contributed by atoms with Gasteiger partial charge in [-0.25, -0.2) is 5.26 Å². The summed E-state index contributed by atoms with van der Waals surface area (Å²) in [5.74, 6) is 0. The van der Waals surface area contributed by atoms with Crippen LogP contribution in [-0.2, 0) is 18.2 Å². The number of nitrogens with zero attached hydrogens (tertiary/aromatic N) is 1. The number of carbonyl (C=O) groups excluding carboxylic acids is 2. The first-order valence-electron chi connectivity index (χ1n) is 1.69. The van der Waals surface area contributed by atoms with Crippen molar-refractivity contribution < 1.29 is 23.5 Å². The predicted molar refractivity (Wildman–Crippen MR) is 26.4 cm³/mol. The molecule has 9 heavy (non-hydrogen) atoms. The molecule has 52 valence electrons. The smallest absolute Gasteiger partial charge is 0.241 e. The highest BCUT2D eigenvalue weighted by atomic mass is 32.2. The maximum absolute atomic E-state index is 9.66. The van der Waals surface area contributed by atoms with E-state index >= 15 is 0 Å². The molecule has 0 aliphatic rings. The minimum atomic E-state index is 0.0844. The Bertz CT molecular complexity index is 89.0. The molecule has 0 aromatic rings. The summed E-state index contributed by atoms with van der Waals surface area (Å²) in [5, 5.41) is 7.86. The molecule has 7 heteroatoms. The van der Waals surface area contributed by atoms with E-state index in [1.807, 2.05) is 0 Å². The molecule has 0 aliphatic heterocycles. The highest BCUT2D eigenvalue weighted by Crippen LogP contribution is 2.01. The van der Waals surface area contributed by atoms with Gasteiger partial charge in [-0.3, -0.25) is 9.59 Å². The Morgan fingerprint density at radius 2 is 2.00 bits per heavy atom. The lowest BCUT2D eigenvalue weighted by molar-refractivity contribution is -0.162. The average molecular weight is 153 g/mol. The quantitative estimate of drug-likeness (QED) is 0.250. The fourth-order valence-electron chi connectivity index (χ4n) is 0.109. The molecule has 0 bridgehead atoms. The van der Waals surface area contributed by atoms with Crippen molar-refractivity contribution in [3.8, 4) is 0 Å². The minimum absolute atomic E-state index is 0.0844. The summed E-state index contributed by atoms with van der Waals surface area (Å²) in [4.78, 5) is 19.3. The topological polar surface area (TPSA) is 76.1 Å². The van der Waals surface area contributed by atoms with E-state index in [-0.39, 0.29) is 30.2 Å². The summed E-state index contributed by atoms with van der Waals surface area (Å²) in [7, 11) is 0. The molecule has 0 spiro atoms. The number of hydrogen-bond donors (Lipinski definition) is 1. The molecule has 1 N–H and O–H groups in total. The molecule has 0 saturated carbocycles. The number of imide groups is 1. The molecule has 0 rings (SSSR count). The first-order valence-corrected chi connectivity index (χ1v) is 2.35. The van der Waals surface area contributed by atoms with Gasteiger partial charge in [0.05, 0.1) is 0 Å². The first kappa shape index (κ1) is 8.37. The molecule has 0 unspecified atom stereocenters. The van der Waals surface area contributed by atoms with Gasteiger partial charge in [0.1, 0.15) is 0 Å². The zero-order valence-electron chi connectivity index (χ0n) is 4.09. The van der Waals surface area contributed by atoms with Crippen molar-refractivity contribution in [2.75, 3.05) is 0 Å². The van der Waals surface area contributed by atoms with Gasteiger partial charge in [-0.2, -0.15) is 4.28 Å². The number of carbonyl (C=O) groups is 2. The fourth-order valence-corrected chi connectivity index (χ4v) is 0.276. The summed E-state index contributed by atoms with van der Waals surface area (Å²) in [5.41, 5.74) is 0. The van der Waals surface area contributed by atoms with Gasteiger partial charge in [0.2, 0.25) is 25.1 Å². The lowest BCUT2D eigenvalue weighted by Gasteiger charge is -2.01. The van der Waals surface area contributed by atoms with Crippen LogP contribution in [0.15, 0.2) is 0 Å². The summed E-state index contributed by atoms with van der Waals surface area (Å²) in [6.45, 7) is 0. The first-order chi connectivity index (χ1) is 4.35. The Morgan fingerprint density at radius 3 is 2.33 bits per heavy atom. The van der Waals surface area contributed by atoms with Gasteiger partial charge in [0.25, 0.3) is 0 Å². The third-order valence-corrected chi connectivity index (χ3v) is 0.649. The van der Waals surface area contributed by atoms with Crippen LogP contribution in [0.1, 0.15) is 0 Å². The second kappa shape index (κ2) is 5.51. The largest absolute Gasteiger partial charge is 0.276 e. The summed E-state index contributed by atoms with van der Waals surface area (Å²) >= 11 is 0.0844. The number of rotatable bonds is 5. The molecule has 2 amide bonds. The Kier molecular flexibility index (Phi) is 5.12. The molecular formula is C2H3NO5S. The zero-order chi connectivity index (χ0) is 7.11. The predicted octanol–water partition coefficient (Wildman–Crippen LogP) is -0.414. The summed E-state index contributed by atoms with van der Waals surface area (Å²) in [6.07, 6.45) is 0.220. The van der Waals surface area contributed by atoms with Crippen LogP contribution in [-0.4, -0.2) is 23.1 Å². The van der Waals surface area contributed by atoms with Crippen molar-refractivity contribution in [2.45, 2.75) is 0 Å². The van der Waals surface area contributed by atoms with Crippen LogP contribution < -0.4 is 0 Å². The average Bonchev–Trinajstić information content (AvgIpc) is 1.91. The van der Waals surface area contributed by atoms with Crippen LogP contribution >= 0.6 is 12.3 Å². The van der Waals surface area contributed by atoms with Crippen molar-refractivity contribution >= 4 is 25.1 Å². The van der Waals surface area contributed by atoms with Crippen LogP contribution in [0, 0.1) is 0 Å². The van der Waals surface area contributed by atoms with Crippen LogP contribution in [0.3, 0.4) is 0 Å². The maximum Gasteiger partial charge on any atom is 0.241 e. The van der Waals surface area contributed by atoms with Gasteiger partial charge in [-0.1, -0.05) is 0 Å². The molecule has 0 fully saturated rings. The molecule has 0 aromatic heterocycles. The number of hydroxylamine groups is 2. The van der Waals surface area contributed by atoms with Crippen LogP contribution in [0.25, 0.3) is 0 Å². The molecule has 0 aromatic carbocycles. The molecule has 0 atom stereocenters. The molecule has 0 radical (unpaired) electrons.